The molecule has 1 unspecified atom stereocenters. The lowest BCUT2D eigenvalue weighted by Gasteiger charge is -2.19. The summed E-state index contributed by atoms with van der Waals surface area (Å²) in [4.78, 5) is 12.9. The van der Waals surface area contributed by atoms with Gasteiger partial charge in [0, 0.05) is 11.8 Å². The summed E-state index contributed by atoms with van der Waals surface area (Å²) in [6.45, 7) is 1.82. The lowest BCUT2D eigenvalue weighted by Crippen LogP contribution is -2.30. The molecule has 1 N–H and O–H groups in total. The van der Waals surface area contributed by atoms with E-state index in [0.29, 0.717) is 11.5 Å². The molecule has 2 aromatic rings. The lowest BCUT2D eigenvalue weighted by molar-refractivity contribution is 0.0931. The van der Waals surface area contributed by atoms with Gasteiger partial charge in [0.2, 0.25) is 0 Å². The summed E-state index contributed by atoms with van der Waals surface area (Å²) in [7, 11) is -3.34. The number of hydrogen-bond acceptors (Lipinski definition) is 3. The summed E-state index contributed by atoms with van der Waals surface area (Å²) in [6, 6.07) is 14.6. The van der Waals surface area contributed by atoms with Crippen molar-refractivity contribution in [3.63, 3.8) is 0 Å². The molecule has 0 radical (unpaired) electrons. The molecule has 1 atom stereocenters. The average Bonchev–Trinajstić information content (AvgIpc) is 3.37. The molecule has 1 saturated carbocycles. The van der Waals surface area contributed by atoms with Crippen molar-refractivity contribution >= 4 is 15.7 Å². The van der Waals surface area contributed by atoms with Gasteiger partial charge in [-0.25, -0.2) is 8.42 Å². The fourth-order valence-corrected chi connectivity index (χ4v) is 3.51. The van der Waals surface area contributed by atoms with Crippen LogP contribution in [0.25, 0.3) is 0 Å². The van der Waals surface area contributed by atoms with Crippen LogP contribution in [0.4, 0.5) is 0 Å². The third-order valence-electron chi connectivity index (χ3n) is 4.42. The van der Waals surface area contributed by atoms with Gasteiger partial charge in [-0.05, 0) is 48.9 Å². The normalized spacial score (nSPS) is 15.8. The number of carbonyl (C=O) groups is 1. The summed E-state index contributed by atoms with van der Waals surface area (Å²) in [6.07, 6.45) is 3.35. The predicted molar refractivity (Wildman–Crippen MR) is 93.7 cm³/mol. The van der Waals surface area contributed by atoms with Crippen LogP contribution in [0.5, 0.6) is 0 Å². The molecule has 2 aromatic carbocycles. The second-order valence-electron chi connectivity index (χ2n) is 6.45. The first kappa shape index (κ1) is 16.7. The Morgan fingerprint density at radius 2 is 1.79 bits per heavy atom. The van der Waals surface area contributed by atoms with Gasteiger partial charge in [-0.1, -0.05) is 36.4 Å². The number of rotatable bonds is 5. The Morgan fingerprint density at radius 1 is 1.12 bits per heavy atom. The Labute approximate surface area is 142 Å². The Morgan fingerprint density at radius 3 is 2.38 bits per heavy atom. The molecule has 1 amide bonds. The second-order valence-corrected chi connectivity index (χ2v) is 8.46. The van der Waals surface area contributed by atoms with Gasteiger partial charge in [0.25, 0.3) is 5.91 Å². The quantitative estimate of drug-likeness (QED) is 0.906. The van der Waals surface area contributed by atoms with Crippen LogP contribution in [0.1, 0.15) is 40.4 Å². The summed E-state index contributed by atoms with van der Waals surface area (Å²) in [5.41, 5.74) is 2.27. The van der Waals surface area contributed by atoms with Crippen molar-refractivity contribution in [1.82, 2.24) is 5.32 Å². The molecule has 1 aliphatic rings. The van der Waals surface area contributed by atoms with Crippen molar-refractivity contribution in [3.05, 3.63) is 65.2 Å². The first-order valence-corrected chi connectivity index (χ1v) is 9.92. The van der Waals surface area contributed by atoms with E-state index in [0.717, 1.165) is 30.2 Å². The van der Waals surface area contributed by atoms with E-state index in [2.05, 4.69) is 5.32 Å². The van der Waals surface area contributed by atoms with Crippen LogP contribution in [0, 0.1) is 12.8 Å². The number of nitrogens with one attached hydrogen (secondary N) is 1. The van der Waals surface area contributed by atoms with Crippen LogP contribution in [0.2, 0.25) is 0 Å². The van der Waals surface area contributed by atoms with Crippen LogP contribution in [0.15, 0.2) is 53.4 Å². The topological polar surface area (TPSA) is 63.2 Å². The fourth-order valence-electron chi connectivity index (χ4n) is 2.86. The van der Waals surface area contributed by atoms with E-state index >= 15 is 0 Å². The molecular formula is C19H21NO3S. The number of sulfone groups is 1. The average molecular weight is 343 g/mol. The van der Waals surface area contributed by atoms with Gasteiger partial charge in [-0.2, -0.15) is 0 Å². The van der Waals surface area contributed by atoms with Crippen LogP contribution in [-0.2, 0) is 9.84 Å². The predicted octanol–water partition coefficient (Wildman–Crippen LogP) is 3.28. The van der Waals surface area contributed by atoms with Crippen molar-refractivity contribution < 1.29 is 13.2 Å². The summed E-state index contributed by atoms with van der Waals surface area (Å²) < 4.78 is 23.5. The van der Waals surface area contributed by atoms with Crippen LogP contribution >= 0.6 is 0 Å². The SMILES string of the molecule is Cc1ccc(S(C)(=O)=O)cc1C(=O)NC(c1ccccc1)C1CC1. The summed E-state index contributed by atoms with van der Waals surface area (Å²) >= 11 is 0. The molecule has 3 rings (SSSR count). The fraction of sp³-hybridized carbons (Fsp3) is 0.316. The van der Waals surface area contributed by atoms with Gasteiger partial charge in [-0.3, -0.25) is 4.79 Å². The van der Waals surface area contributed by atoms with E-state index < -0.39 is 9.84 Å². The zero-order valence-corrected chi connectivity index (χ0v) is 14.6. The Bertz CT molecular complexity index is 855. The molecule has 0 aliphatic heterocycles. The highest BCUT2D eigenvalue weighted by Gasteiger charge is 2.33. The minimum Gasteiger partial charge on any atom is -0.345 e. The first-order valence-electron chi connectivity index (χ1n) is 8.03. The van der Waals surface area contributed by atoms with Crippen molar-refractivity contribution in [2.75, 3.05) is 6.26 Å². The van der Waals surface area contributed by atoms with E-state index in [1.165, 1.54) is 12.1 Å². The standard InChI is InChI=1S/C19H21NO3S/c1-13-8-11-16(24(2,22)23)12-17(13)19(21)20-18(15-9-10-15)14-6-4-3-5-7-14/h3-8,11-12,15,18H,9-10H2,1-2H3,(H,20,21). The minimum absolute atomic E-state index is 0.0278. The van der Waals surface area contributed by atoms with Gasteiger partial charge in [0.1, 0.15) is 0 Å². The van der Waals surface area contributed by atoms with Crippen LogP contribution in [-0.4, -0.2) is 20.6 Å². The first-order chi connectivity index (χ1) is 11.4. The Hall–Kier alpha value is -2.14. The molecule has 24 heavy (non-hydrogen) atoms. The molecular weight excluding hydrogens is 322 g/mol. The highest BCUT2D eigenvalue weighted by Crippen LogP contribution is 2.41. The molecule has 126 valence electrons. The van der Waals surface area contributed by atoms with Crippen LogP contribution in [0.3, 0.4) is 0 Å². The zero-order chi connectivity index (χ0) is 17.3. The van der Waals surface area contributed by atoms with Gasteiger partial charge in [0.15, 0.2) is 9.84 Å². The molecule has 1 fully saturated rings. The third kappa shape index (κ3) is 3.67. The number of amides is 1. The maximum absolute atomic E-state index is 12.8. The highest BCUT2D eigenvalue weighted by molar-refractivity contribution is 7.90. The van der Waals surface area contributed by atoms with Gasteiger partial charge in [0.05, 0.1) is 10.9 Å². The maximum atomic E-state index is 12.8. The number of hydrogen-bond donors (Lipinski definition) is 1. The van der Waals surface area contributed by atoms with E-state index in [-0.39, 0.29) is 16.8 Å². The number of benzene rings is 2. The van der Waals surface area contributed by atoms with Gasteiger partial charge < -0.3 is 5.32 Å². The van der Waals surface area contributed by atoms with Crippen molar-refractivity contribution in [1.29, 1.82) is 0 Å². The largest absolute Gasteiger partial charge is 0.345 e. The van der Waals surface area contributed by atoms with Gasteiger partial charge in [-0.15, -0.1) is 0 Å². The minimum atomic E-state index is -3.34. The van der Waals surface area contributed by atoms with E-state index in [4.69, 9.17) is 0 Å². The molecule has 4 nitrogen and oxygen atoms in total. The van der Waals surface area contributed by atoms with E-state index in [1.807, 2.05) is 37.3 Å². The Kier molecular flexibility index (Phi) is 4.45. The zero-order valence-electron chi connectivity index (χ0n) is 13.8. The van der Waals surface area contributed by atoms with E-state index in [9.17, 15) is 13.2 Å². The monoisotopic (exact) mass is 343 g/mol. The van der Waals surface area contributed by atoms with Gasteiger partial charge >= 0.3 is 0 Å². The van der Waals surface area contributed by atoms with Crippen molar-refractivity contribution in [2.45, 2.75) is 30.7 Å². The highest BCUT2D eigenvalue weighted by atomic mass is 32.2. The molecule has 1 aliphatic carbocycles. The van der Waals surface area contributed by atoms with Crippen molar-refractivity contribution in [2.24, 2.45) is 5.92 Å². The molecule has 0 spiro atoms. The Balaban J connectivity index is 1.89. The van der Waals surface area contributed by atoms with Crippen molar-refractivity contribution in [3.8, 4) is 0 Å². The number of carbonyl (C=O) groups excluding carboxylic acids is 1. The number of aryl methyl sites for hydroxylation is 1. The second kappa shape index (κ2) is 6.40. The molecule has 0 saturated heterocycles. The smallest absolute Gasteiger partial charge is 0.252 e. The third-order valence-corrected chi connectivity index (χ3v) is 5.53. The molecule has 5 heteroatoms. The molecule has 0 bridgehead atoms. The molecule has 0 heterocycles. The van der Waals surface area contributed by atoms with E-state index in [1.54, 1.807) is 6.07 Å². The van der Waals surface area contributed by atoms with Crippen LogP contribution < -0.4 is 5.32 Å². The molecule has 0 aromatic heterocycles. The summed E-state index contributed by atoms with van der Waals surface area (Å²) in [5.74, 6) is 0.230. The summed E-state index contributed by atoms with van der Waals surface area (Å²) in [5, 5.41) is 3.10. The maximum Gasteiger partial charge on any atom is 0.252 e. The lowest BCUT2D eigenvalue weighted by atomic mass is 10.0.